The highest BCUT2D eigenvalue weighted by atomic mass is 32.2. The predicted molar refractivity (Wildman–Crippen MR) is 132 cm³/mol. The van der Waals surface area contributed by atoms with Crippen LogP contribution in [-0.2, 0) is 22.8 Å². The second-order valence-electron chi connectivity index (χ2n) is 8.24. The minimum atomic E-state index is -4.60. The molecule has 0 radical (unpaired) electrons. The molecule has 5 aromatic rings. The van der Waals surface area contributed by atoms with Crippen LogP contribution in [0.15, 0.2) is 85.5 Å². The van der Waals surface area contributed by atoms with Crippen LogP contribution in [0.25, 0.3) is 28.2 Å². The van der Waals surface area contributed by atoms with Crippen molar-refractivity contribution in [2.24, 2.45) is 0 Å². The van der Waals surface area contributed by atoms with Gasteiger partial charge in [-0.15, -0.1) is 0 Å². The zero-order valence-corrected chi connectivity index (χ0v) is 20.7. The highest BCUT2D eigenvalue weighted by Crippen LogP contribution is 2.35. The number of anilines is 1. The van der Waals surface area contributed by atoms with Crippen LogP contribution in [0.3, 0.4) is 0 Å². The molecular formula is C25H21F3N6O3S. The molecule has 0 unspecified atom stereocenters. The number of pyridine rings is 2. The number of aromatic nitrogens is 5. The molecular weight excluding hydrogens is 521 g/mol. The molecule has 0 saturated carbocycles. The molecule has 0 amide bonds. The first kappa shape index (κ1) is 26.7. The lowest BCUT2D eigenvalue weighted by Gasteiger charge is -2.11. The van der Waals surface area contributed by atoms with Gasteiger partial charge >= 0.3 is 6.18 Å². The Morgan fingerprint density at radius 1 is 0.974 bits per heavy atom. The molecule has 0 spiro atoms. The molecule has 38 heavy (non-hydrogen) atoms. The van der Waals surface area contributed by atoms with E-state index in [2.05, 4.69) is 19.6 Å². The van der Waals surface area contributed by atoms with E-state index in [1.54, 1.807) is 22.8 Å². The van der Waals surface area contributed by atoms with Crippen LogP contribution in [0.2, 0.25) is 0 Å². The summed E-state index contributed by atoms with van der Waals surface area (Å²) in [5.74, 6) is -0.565. The molecule has 0 saturated heterocycles. The zero-order chi connectivity index (χ0) is 27.5. The molecule has 1 aromatic carbocycles. The van der Waals surface area contributed by atoms with Crippen LogP contribution in [-0.4, -0.2) is 38.8 Å². The maximum Gasteiger partial charge on any atom is 0.419 e. The summed E-state index contributed by atoms with van der Waals surface area (Å²) in [5, 5.41) is 4.53. The number of halogens is 3. The maximum absolute atomic E-state index is 13.2. The van der Waals surface area contributed by atoms with Crippen molar-refractivity contribution >= 4 is 21.6 Å². The minimum Gasteiger partial charge on any atom is -0.748 e. The van der Waals surface area contributed by atoms with Gasteiger partial charge < -0.3 is 10.3 Å². The van der Waals surface area contributed by atoms with Crippen LogP contribution in [0, 0.1) is 0 Å². The molecule has 0 atom stereocenters. The van der Waals surface area contributed by atoms with E-state index < -0.39 is 27.7 Å². The third kappa shape index (κ3) is 6.69. The average molecular weight is 543 g/mol. The lowest BCUT2D eigenvalue weighted by atomic mass is 10.1. The zero-order valence-electron chi connectivity index (χ0n) is 19.9. The Morgan fingerprint density at radius 3 is 2.26 bits per heavy atom. The van der Waals surface area contributed by atoms with Gasteiger partial charge in [0.15, 0.2) is 24.6 Å². The number of hydrogen-bond acceptors (Lipinski definition) is 7. The Labute approximate surface area is 215 Å². The quantitative estimate of drug-likeness (QED) is 0.271. The van der Waals surface area contributed by atoms with Gasteiger partial charge in [-0.05, 0) is 18.2 Å². The first-order chi connectivity index (χ1) is 17.9. The number of alkyl halides is 3. The molecule has 0 aliphatic rings. The third-order valence-electron chi connectivity index (χ3n) is 5.27. The summed E-state index contributed by atoms with van der Waals surface area (Å²) in [6.07, 6.45) is 2.98. The molecule has 5 rings (SSSR count). The van der Waals surface area contributed by atoms with Crippen LogP contribution in [0.1, 0.15) is 11.1 Å². The van der Waals surface area contributed by atoms with Gasteiger partial charge in [0.25, 0.3) is 0 Å². The largest absolute Gasteiger partial charge is 0.748 e. The number of rotatable bonds is 4. The summed E-state index contributed by atoms with van der Waals surface area (Å²) >= 11 is 0. The van der Waals surface area contributed by atoms with Gasteiger partial charge in [-0.2, -0.15) is 18.3 Å². The summed E-state index contributed by atoms with van der Waals surface area (Å²) < 4.78 is 70.7. The van der Waals surface area contributed by atoms with Gasteiger partial charge in [-0.25, -0.2) is 27.5 Å². The summed E-state index contributed by atoms with van der Waals surface area (Å²) in [6, 6.07) is 18.2. The summed E-state index contributed by atoms with van der Waals surface area (Å²) in [7, 11) is -3.92. The van der Waals surface area contributed by atoms with Crippen molar-refractivity contribution in [1.82, 2.24) is 19.6 Å². The fourth-order valence-electron chi connectivity index (χ4n) is 3.60. The fraction of sp³-hybridized carbons (Fsp3) is 0.120. The van der Waals surface area contributed by atoms with Crippen LogP contribution in [0.4, 0.5) is 19.0 Å². The van der Waals surface area contributed by atoms with Gasteiger partial charge in [0.1, 0.15) is 5.82 Å². The number of hydrogen-bond donors (Lipinski definition) is 1. The molecule has 4 aromatic heterocycles. The molecule has 0 aliphatic heterocycles. The van der Waals surface area contributed by atoms with E-state index >= 15 is 0 Å². The number of nitrogens with two attached hydrogens (primary N) is 1. The van der Waals surface area contributed by atoms with Crippen molar-refractivity contribution in [2.45, 2.75) is 12.7 Å². The number of fused-ring (bicyclic) bond motifs is 1. The van der Waals surface area contributed by atoms with Gasteiger partial charge in [0.2, 0.25) is 0 Å². The Balaban J connectivity index is 0.000000617. The first-order valence-corrected chi connectivity index (χ1v) is 12.8. The second kappa shape index (κ2) is 10.6. The van der Waals surface area contributed by atoms with Gasteiger partial charge in [-0.1, -0.05) is 30.3 Å². The lowest BCUT2D eigenvalue weighted by molar-refractivity contribution is -0.688. The molecule has 13 heteroatoms. The third-order valence-corrected chi connectivity index (χ3v) is 5.27. The molecule has 2 N–H and O–H groups in total. The SMILES string of the molecule is CS(=O)(=O)[O-].Nc1ncc(-c2ccc3ncc(-c4ccc(C[n+]5ccccc5)cc4)n3n2)cc1C(F)(F)F. The van der Waals surface area contributed by atoms with Gasteiger partial charge in [0.05, 0.1) is 33.3 Å². The van der Waals surface area contributed by atoms with Crippen LogP contribution < -0.4 is 10.3 Å². The Kier molecular flexibility index (Phi) is 7.41. The van der Waals surface area contributed by atoms with Crippen LogP contribution in [0.5, 0.6) is 0 Å². The number of nitrogens with zero attached hydrogens (tertiary/aromatic N) is 5. The topological polar surface area (TPSA) is 130 Å². The van der Waals surface area contributed by atoms with Crippen molar-refractivity contribution < 1.29 is 30.7 Å². The molecule has 4 heterocycles. The van der Waals surface area contributed by atoms with Crippen molar-refractivity contribution in [1.29, 1.82) is 0 Å². The standard InChI is InChI=1S/C24H18F3N6.CH4O3S/c25-24(26,27)19-12-18(13-30-23(19)28)20-8-9-22-29-14-21(33(22)31-20)17-6-4-16(5-7-17)15-32-10-2-1-3-11-32;1-5(2,3)4/h1-14H,15H2,(H2,28,30);1H3,(H,2,3,4)/q+1;/p-1. The normalized spacial score (nSPS) is 11.7. The predicted octanol–water partition coefficient (Wildman–Crippen LogP) is 3.56. The second-order valence-corrected chi connectivity index (χ2v) is 9.64. The van der Waals surface area contributed by atoms with E-state index in [4.69, 9.17) is 18.7 Å². The smallest absolute Gasteiger partial charge is 0.419 e. The molecule has 0 fully saturated rings. The van der Waals surface area contributed by atoms with E-state index in [-0.39, 0.29) is 5.56 Å². The van der Waals surface area contributed by atoms with E-state index in [0.717, 1.165) is 29.4 Å². The maximum atomic E-state index is 13.2. The number of benzene rings is 1. The van der Waals surface area contributed by atoms with E-state index in [1.165, 1.54) is 6.20 Å². The Morgan fingerprint density at radius 2 is 1.63 bits per heavy atom. The van der Waals surface area contributed by atoms with E-state index in [1.807, 2.05) is 54.9 Å². The van der Waals surface area contributed by atoms with Gasteiger partial charge in [0, 0.05) is 41.3 Å². The van der Waals surface area contributed by atoms with Crippen molar-refractivity contribution in [2.75, 3.05) is 12.0 Å². The fourth-order valence-corrected chi connectivity index (χ4v) is 3.60. The van der Waals surface area contributed by atoms with Crippen LogP contribution >= 0.6 is 0 Å². The number of imidazole rings is 1. The van der Waals surface area contributed by atoms with Crippen molar-refractivity contribution in [3.8, 4) is 22.5 Å². The van der Waals surface area contributed by atoms with E-state index in [9.17, 15) is 13.2 Å². The number of nitrogen functional groups attached to an aromatic ring is 1. The summed E-state index contributed by atoms with van der Waals surface area (Å²) in [6.45, 7) is 0.738. The van der Waals surface area contributed by atoms with Crippen molar-refractivity contribution in [3.63, 3.8) is 0 Å². The average Bonchev–Trinajstić information content (AvgIpc) is 3.27. The van der Waals surface area contributed by atoms with Gasteiger partial charge in [-0.3, -0.25) is 0 Å². The van der Waals surface area contributed by atoms with Crippen molar-refractivity contribution in [3.05, 3.63) is 96.6 Å². The summed E-state index contributed by atoms with van der Waals surface area (Å²) in [5.41, 5.74) is 8.31. The minimum absolute atomic E-state index is 0.216. The highest BCUT2D eigenvalue weighted by Gasteiger charge is 2.34. The Hall–Kier alpha value is -4.36. The molecule has 0 bridgehead atoms. The molecule has 196 valence electrons. The lowest BCUT2D eigenvalue weighted by Crippen LogP contribution is -2.32. The Bertz CT molecular complexity index is 1660. The highest BCUT2D eigenvalue weighted by molar-refractivity contribution is 7.84. The first-order valence-electron chi connectivity index (χ1n) is 11.0. The molecule has 0 aliphatic carbocycles. The monoisotopic (exact) mass is 542 g/mol. The van der Waals surface area contributed by atoms with E-state index in [0.29, 0.717) is 17.6 Å². The molecule has 9 nitrogen and oxygen atoms in total. The summed E-state index contributed by atoms with van der Waals surface area (Å²) in [4.78, 5) is 8.08.